The lowest BCUT2D eigenvalue weighted by Crippen LogP contribution is -2.56. The first kappa shape index (κ1) is 21.2. The smallest absolute Gasteiger partial charge is 0.252 e. The highest BCUT2D eigenvalue weighted by Crippen LogP contribution is 2.29. The van der Waals surface area contributed by atoms with E-state index in [4.69, 9.17) is 47.0 Å². The molecule has 0 saturated carbocycles. The van der Waals surface area contributed by atoms with Gasteiger partial charge >= 0.3 is 0 Å². The maximum atomic E-state index is 13.0. The molecule has 26 heavy (non-hydrogen) atoms. The summed E-state index contributed by atoms with van der Waals surface area (Å²) in [5.74, 6) is -1.02. The van der Waals surface area contributed by atoms with E-state index in [2.05, 4.69) is 31.9 Å². The monoisotopic (exact) mass is 497 g/mol. The lowest BCUT2D eigenvalue weighted by atomic mass is 10.2. The number of amides is 1. The minimum atomic E-state index is -1.89. The molecule has 0 aromatic heterocycles. The number of carbonyl (C=O) groups excluding carboxylic acids is 1. The number of nitrogens with one attached hydrogen (secondary N) is 3. The van der Waals surface area contributed by atoms with Crippen LogP contribution in [-0.4, -0.2) is 21.0 Å². The number of anilines is 1. The molecule has 2 aromatic rings. The highest BCUT2D eigenvalue weighted by molar-refractivity contribution is 9.10. The van der Waals surface area contributed by atoms with E-state index in [1.165, 1.54) is 12.1 Å². The van der Waals surface area contributed by atoms with Crippen molar-refractivity contribution in [3.05, 3.63) is 64.4 Å². The molecule has 0 aliphatic rings. The van der Waals surface area contributed by atoms with Gasteiger partial charge in [0.05, 0.1) is 0 Å². The number of halogens is 5. The van der Waals surface area contributed by atoms with Crippen LogP contribution in [0.15, 0.2) is 53.0 Å². The summed E-state index contributed by atoms with van der Waals surface area (Å²) in [5.41, 5.74) is 0.915. The molecule has 1 atom stereocenters. The first-order chi connectivity index (χ1) is 12.1. The summed E-state index contributed by atoms with van der Waals surface area (Å²) in [5, 5.41) is 8.31. The molecule has 0 radical (unpaired) electrons. The molecular weight excluding hydrogens is 488 g/mol. The number of thiocarbonyl (C=S) groups is 1. The van der Waals surface area contributed by atoms with Crippen molar-refractivity contribution in [1.82, 2.24) is 10.6 Å². The largest absolute Gasteiger partial charge is 0.339 e. The van der Waals surface area contributed by atoms with Crippen LogP contribution in [0, 0.1) is 5.82 Å². The normalized spacial score (nSPS) is 12.2. The number of hydrogen-bond acceptors (Lipinski definition) is 2. The van der Waals surface area contributed by atoms with Crippen LogP contribution >= 0.6 is 63.0 Å². The van der Waals surface area contributed by atoms with Crippen molar-refractivity contribution in [1.29, 1.82) is 0 Å². The third-order valence-electron chi connectivity index (χ3n) is 3.09. The fraction of sp³-hybridized carbons (Fsp3) is 0.125. The Bertz CT molecular complexity index is 785. The van der Waals surface area contributed by atoms with Crippen molar-refractivity contribution in [2.24, 2.45) is 0 Å². The van der Waals surface area contributed by atoms with E-state index >= 15 is 0 Å². The van der Waals surface area contributed by atoms with E-state index in [-0.39, 0.29) is 10.7 Å². The summed E-state index contributed by atoms with van der Waals surface area (Å²) >= 11 is 26.3. The Labute approximate surface area is 178 Å². The predicted molar refractivity (Wildman–Crippen MR) is 111 cm³/mol. The Balaban J connectivity index is 2.04. The average molecular weight is 500 g/mol. The standard InChI is InChI=1S/C16H12BrCl3FN3OS/c17-10-3-7-12(8-4-10)22-15(26)24-14(16(18,19)20)23-13(25)9-1-5-11(21)6-2-9/h1-8,14H,(H,23,25)(H2,22,24,26)/t14-/m1/s1. The van der Waals surface area contributed by atoms with Gasteiger partial charge in [0.2, 0.25) is 3.79 Å². The molecule has 2 aromatic carbocycles. The maximum absolute atomic E-state index is 13.0. The van der Waals surface area contributed by atoms with Crippen molar-refractivity contribution >= 4 is 79.7 Å². The van der Waals surface area contributed by atoms with Crippen LogP contribution in [0.4, 0.5) is 10.1 Å². The van der Waals surface area contributed by atoms with Gasteiger partial charge in [-0.15, -0.1) is 0 Å². The van der Waals surface area contributed by atoms with Crippen molar-refractivity contribution < 1.29 is 9.18 Å². The summed E-state index contributed by atoms with van der Waals surface area (Å²) in [7, 11) is 0. The molecule has 4 nitrogen and oxygen atoms in total. The zero-order chi connectivity index (χ0) is 19.3. The minimum Gasteiger partial charge on any atom is -0.339 e. The molecule has 0 unspecified atom stereocenters. The summed E-state index contributed by atoms with van der Waals surface area (Å²) < 4.78 is 12.0. The van der Waals surface area contributed by atoms with E-state index in [1.807, 2.05) is 12.1 Å². The van der Waals surface area contributed by atoms with Gasteiger partial charge in [0.1, 0.15) is 12.0 Å². The first-order valence-electron chi connectivity index (χ1n) is 7.11. The quantitative estimate of drug-likeness (QED) is 0.315. The highest BCUT2D eigenvalue weighted by atomic mass is 79.9. The zero-order valence-corrected chi connectivity index (χ0v) is 17.6. The number of rotatable bonds is 4. The fourth-order valence-electron chi connectivity index (χ4n) is 1.85. The molecule has 3 N–H and O–H groups in total. The number of benzene rings is 2. The van der Waals surface area contributed by atoms with Crippen LogP contribution in [-0.2, 0) is 0 Å². The Hall–Kier alpha value is -1.12. The van der Waals surface area contributed by atoms with Gasteiger partial charge in [0, 0.05) is 15.7 Å². The molecule has 0 heterocycles. The minimum absolute atomic E-state index is 0.142. The SMILES string of the molecule is O=C(N[C@H](NC(=S)Nc1ccc(Br)cc1)C(Cl)(Cl)Cl)c1ccc(F)cc1. The second-order valence-electron chi connectivity index (χ2n) is 5.06. The van der Waals surface area contributed by atoms with Crippen LogP contribution in [0.25, 0.3) is 0 Å². The Morgan fingerprint density at radius 2 is 1.62 bits per heavy atom. The zero-order valence-electron chi connectivity index (χ0n) is 12.9. The second-order valence-corrected chi connectivity index (χ2v) is 8.75. The molecule has 0 aliphatic carbocycles. The molecule has 1 amide bonds. The van der Waals surface area contributed by atoms with Crippen LogP contribution in [0.5, 0.6) is 0 Å². The number of carbonyl (C=O) groups is 1. The van der Waals surface area contributed by atoms with Crippen LogP contribution < -0.4 is 16.0 Å². The first-order valence-corrected chi connectivity index (χ1v) is 9.45. The van der Waals surface area contributed by atoms with Crippen molar-refractivity contribution in [2.75, 3.05) is 5.32 Å². The van der Waals surface area contributed by atoms with Crippen molar-refractivity contribution in [2.45, 2.75) is 9.96 Å². The average Bonchev–Trinajstić information content (AvgIpc) is 2.56. The molecular formula is C16H12BrCl3FN3OS. The van der Waals surface area contributed by atoms with Gasteiger partial charge in [-0.3, -0.25) is 4.79 Å². The van der Waals surface area contributed by atoms with Crippen LogP contribution in [0.3, 0.4) is 0 Å². The van der Waals surface area contributed by atoms with E-state index in [1.54, 1.807) is 12.1 Å². The van der Waals surface area contributed by atoms with Crippen molar-refractivity contribution in [3.63, 3.8) is 0 Å². The summed E-state index contributed by atoms with van der Waals surface area (Å²) in [6.45, 7) is 0. The third-order valence-corrected chi connectivity index (χ3v) is 4.49. The lowest BCUT2D eigenvalue weighted by molar-refractivity contribution is 0.0934. The number of hydrogen-bond donors (Lipinski definition) is 3. The van der Waals surface area contributed by atoms with Crippen LogP contribution in [0.1, 0.15) is 10.4 Å². The molecule has 0 bridgehead atoms. The summed E-state index contributed by atoms with van der Waals surface area (Å²) in [4.78, 5) is 12.3. The topological polar surface area (TPSA) is 53.2 Å². The Morgan fingerprint density at radius 3 is 2.15 bits per heavy atom. The Morgan fingerprint density at radius 1 is 1.04 bits per heavy atom. The molecule has 0 aliphatic heterocycles. The van der Waals surface area contributed by atoms with E-state index in [0.29, 0.717) is 5.69 Å². The van der Waals surface area contributed by atoms with E-state index in [9.17, 15) is 9.18 Å². The lowest BCUT2D eigenvalue weighted by Gasteiger charge is -2.27. The molecule has 138 valence electrons. The van der Waals surface area contributed by atoms with Gasteiger partial charge in [-0.1, -0.05) is 50.7 Å². The molecule has 2 rings (SSSR count). The Kier molecular flexibility index (Phi) is 7.49. The van der Waals surface area contributed by atoms with Gasteiger partial charge in [0.25, 0.3) is 5.91 Å². The molecule has 0 spiro atoms. The second kappa shape index (κ2) is 9.19. The fourth-order valence-corrected chi connectivity index (χ4v) is 2.67. The molecule has 0 fully saturated rings. The maximum Gasteiger partial charge on any atom is 0.252 e. The van der Waals surface area contributed by atoms with Gasteiger partial charge in [-0.05, 0) is 60.7 Å². The van der Waals surface area contributed by atoms with Crippen LogP contribution in [0.2, 0.25) is 0 Å². The predicted octanol–water partition coefficient (Wildman–Crippen LogP) is 5.00. The summed E-state index contributed by atoms with van der Waals surface area (Å²) in [6, 6.07) is 12.2. The van der Waals surface area contributed by atoms with Gasteiger partial charge < -0.3 is 16.0 Å². The van der Waals surface area contributed by atoms with E-state index in [0.717, 1.165) is 16.6 Å². The van der Waals surface area contributed by atoms with Gasteiger partial charge in [-0.2, -0.15) is 0 Å². The molecule has 10 heteroatoms. The summed E-state index contributed by atoms with van der Waals surface area (Å²) in [6.07, 6.45) is -1.12. The van der Waals surface area contributed by atoms with Gasteiger partial charge in [0.15, 0.2) is 5.11 Å². The van der Waals surface area contributed by atoms with Crippen molar-refractivity contribution in [3.8, 4) is 0 Å². The third kappa shape index (κ3) is 6.55. The highest BCUT2D eigenvalue weighted by Gasteiger charge is 2.34. The van der Waals surface area contributed by atoms with E-state index < -0.39 is 21.7 Å². The van der Waals surface area contributed by atoms with Gasteiger partial charge in [-0.25, -0.2) is 4.39 Å². The number of alkyl halides is 3. The molecule has 0 saturated heterocycles.